The van der Waals surface area contributed by atoms with Crippen LogP contribution in [-0.2, 0) is 13.5 Å². The average molecular weight is 385 g/mol. The Labute approximate surface area is 160 Å². The summed E-state index contributed by atoms with van der Waals surface area (Å²) < 4.78 is 1.24. The predicted molar refractivity (Wildman–Crippen MR) is 103 cm³/mol. The van der Waals surface area contributed by atoms with Crippen molar-refractivity contribution in [2.24, 2.45) is 7.05 Å². The van der Waals surface area contributed by atoms with Crippen LogP contribution in [0.2, 0.25) is 0 Å². The third kappa shape index (κ3) is 4.03. The van der Waals surface area contributed by atoms with E-state index >= 15 is 0 Å². The van der Waals surface area contributed by atoms with Crippen molar-refractivity contribution < 1.29 is 9.72 Å². The van der Waals surface area contributed by atoms with E-state index in [4.69, 9.17) is 0 Å². The molecule has 9 heteroatoms. The molecule has 27 heavy (non-hydrogen) atoms. The molecule has 3 rings (SSSR count). The number of rotatable bonds is 6. The van der Waals surface area contributed by atoms with E-state index in [0.717, 1.165) is 21.8 Å². The molecular formula is C18H19N5O3S. The number of nitrogens with one attached hydrogen (secondary N) is 1. The molecule has 1 aromatic carbocycles. The summed E-state index contributed by atoms with van der Waals surface area (Å²) >= 11 is 1.61. The van der Waals surface area contributed by atoms with Crippen LogP contribution in [0, 0.1) is 24.0 Å². The van der Waals surface area contributed by atoms with Crippen LogP contribution in [0.15, 0.2) is 29.6 Å². The molecule has 0 spiro atoms. The van der Waals surface area contributed by atoms with Gasteiger partial charge in [0.25, 0.3) is 5.91 Å². The Morgan fingerprint density at radius 1 is 1.30 bits per heavy atom. The van der Waals surface area contributed by atoms with Gasteiger partial charge in [-0.25, -0.2) is 4.98 Å². The number of aromatic nitrogens is 3. The van der Waals surface area contributed by atoms with E-state index in [2.05, 4.69) is 15.4 Å². The van der Waals surface area contributed by atoms with Gasteiger partial charge in [0.1, 0.15) is 5.69 Å². The van der Waals surface area contributed by atoms with E-state index in [1.54, 1.807) is 11.3 Å². The zero-order valence-electron chi connectivity index (χ0n) is 15.2. The van der Waals surface area contributed by atoms with Gasteiger partial charge < -0.3 is 5.32 Å². The quantitative estimate of drug-likeness (QED) is 0.519. The van der Waals surface area contributed by atoms with E-state index in [1.807, 2.05) is 36.6 Å². The Morgan fingerprint density at radius 3 is 2.59 bits per heavy atom. The van der Waals surface area contributed by atoms with Crippen LogP contribution in [0.25, 0.3) is 11.3 Å². The minimum Gasteiger partial charge on any atom is -0.350 e. The van der Waals surface area contributed by atoms with Crippen molar-refractivity contribution in [3.05, 3.63) is 61.7 Å². The van der Waals surface area contributed by atoms with Crippen LogP contribution < -0.4 is 5.32 Å². The third-order valence-electron chi connectivity index (χ3n) is 4.16. The van der Waals surface area contributed by atoms with Crippen LogP contribution >= 0.6 is 11.3 Å². The summed E-state index contributed by atoms with van der Waals surface area (Å²) in [5.41, 5.74) is 3.00. The lowest BCUT2D eigenvalue weighted by Gasteiger charge is -2.06. The summed E-state index contributed by atoms with van der Waals surface area (Å²) in [4.78, 5) is 27.4. The monoisotopic (exact) mass is 385 g/mol. The van der Waals surface area contributed by atoms with Crippen LogP contribution in [0.4, 0.5) is 5.69 Å². The summed E-state index contributed by atoms with van der Waals surface area (Å²) in [6, 6.07) is 7.99. The topological polar surface area (TPSA) is 103 Å². The lowest BCUT2D eigenvalue weighted by atomic mass is 10.1. The molecule has 8 nitrogen and oxygen atoms in total. The molecule has 0 atom stereocenters. The van der Waals surface area contributed by atoms with Crippen LogP contribution in [-0.4, -0.2) is 32.1 Å². The molecule has 0 bridgehead atoms. The fourth-order valence-electron chi connectivity index (χ4n) is 2.86. The first-order valence-corrected chi connectivity index (χ1v) is 9.22. The van der Waals surface area contributed by atoms with Crippen molar-refractivity contribution in [2.75, 3.05) is 6.54 Å². The number of thiazole rings is 1. The Bertz CT molecular complexity index is 991. The molecule has 0 aliphatic carbocycles. The molecule has 0 aliphatic heterocycles. The minimum atomic E-state index is -0.573. The molecule has 0 unspecified atom stereocenters. The SMILES string of the molecule is Cc1nc(-c2ccc(CCNC(=O)c3c([N+](=O)[O-])c(C)nn3C)cc2)cs1. The summed E-state index contributed by atoms with van der Waals surface area (Å²) in [6.07, 6.45) is 0.618. The largest absolute Gasteiger partial charge is 0.350 e. The average Bonchev–Trinajstić information content (AvgIpc) is 3.18. The van der Waals surface area contributed by atoms with E-state index in [0.29, 0.717) is 13.0 Å². The van der Waals surface area contributed by atoms with Gasteiger partial charge >= 0.3 is 5.69 Å². The van der Waals surface area contributed by atoms with Crippen molar-refractivity contribution in [2.45, 2.75) is 20.3 Å². The van der Waals surface area contributed by atoms with Gasteiger partial charge in [0.15, 0.2) is 0 Å². The molecule has 0 saturated carbocycles. The number of nitrogens with zero attached hydrogens (tertiary/aromatic N) is 4. The zero-order valence-corrected chi connectivity index (χ0v) is 16.0. The highest BCUT2D eigenvalue weighted by Gasteiger charge is 2.28. The van der Waals surface area contributed by atoms with Gasteiger partial charge in [-0.15, -0.1) is 11.3 Å². The van der Waals surface area contributed by atoms with E-state index in [-0.39, 0.29) is 17.1 Å². The van der Waals surface area contributed by atoms with Gasteiger partial charge in [-0.05, 0) is 25.8 Å². The fourth-order valence-corrected chi connectivity index (χ4v) is 3.48. The van der Waals surface area contributed by atoms with Gasteiger partial charge in [0, 0.05) is 24.5 Å². The summed E-state index contributed by atoms with van der Waals surface area (Å²) in [5.74, 6) is -0.501. The summed E-state index contributed by atoms with van der Waals surface area (Å²) in [7, 11) is 1.52. The first-order valence-electron chi connectivity index (χ1n) is 8.34. The second-order valence-corrected chi connectivity index (χ2v) is 7.18. The highest BCUT2D eigenvalue weighted by molar-refractivity contribution is 7.09. The molecule has 0 radical (unpaired) electrons. The second-order valence-electron chi connectivity index (χ2n) is 6.12. The van der Waals surface area contributed by atoms with E-state index in [9.17, 15) is 14.9 Å². The highest BCUT2D eigenvalue weighted by Crippen LogP contribution is 2.23. The Hall–Kier alpha value is -3.07. The van der Waals surface area contributed by atoms with Gasteiger partial charge in [0.2, 0.25) is 5.69 Å². The molecule has 0 saturated heterocycles. The van der Waals surface area contributed by atoms with Gasteiger partial charge in [-0.1, -0.05) is 24.3 Å². The second kappa shape index (κ2) is 7.67. The van der Waals surface area contributed by atoms with Crippen molar-refractivity contribution in [1.82, 2.24) is 20.1 Å². The number of aryl methyl sites for hydroxylation is 3. The maximum atomic E-state index is 12.4. The van der Waals surface area contributed by atoms with Crippen LogP contribution in [0.3, 0.4) is 0 Å². The molecule has 2 aromatic heterocycles. The lowest BCUT2D eigenvalue weighted by molar-refractivity contribution is -0.385. The number of amides is 1. The van der Waals surface area contributed by atoms with Gasteiger partial charge in [-0.3, -0.25) is 19.6 Å². The number of hydrogen-bond acceptors (Lipinski definition) is 6. The number of hydrogen-bond donors (Lipinski definition) is 1. The zero-order chi connectivity index (χ0) is 19.6. The predicted octanol–water partition coefficient (Wildman–Crippen LogP) is 3.04. The molecule has 140 valence electrons. The molecular weight excluding hydrogens is 366 g/mol. The number of carbonyl (C=O) groups is 1. The maximum Gasteiger partial charge on any atom is 0.322 e. The smallest absolute Gasteiger partial charge is 0.322 e. The third-order valence-corrected chi connectivity index (χ3v) is 4.93. The van der Waals surface area contributed by atoms with E-state index < -0.39 is 10.8 Å². The standard InChI is InChI=1S/C18H19N5O3S/c1-11-16(23(25)26)17(22(3)21-11)18(24)19-9-8-13-4-6-14(7-5-13)15-10-27-12(2)20-15/h4-7,10H,8-9H2,1-3H3,(H,19,24). The maximum absolute atomic E-state index is 12.4. The molecule has 1 N–H and O–H groups in total. The fraction of sp³-hybridized carbons (Fsp3) is 0.278. The lowest BCUT2D eigenvalue weighted by Crippen LogP contribution is -2.28. The van der Waals surface area contributed by atoms with Crippen molar-refractivity contribution in [1.29, 1.82) is 0 Å². The molecule has 3 aromatic rings. The Morgan fingerprint density at radius 2 is 2.00 bits per heavy atom. The van der Waals surface area contributed by atoms with Crippen molar-refractivity contribution in [3.63, 3.8) is 0 Å². The van der Waals surface area contributed by atoms with Gasteiger partial charge in [0.05, 0.1) is 15.6 Å². The Balaban J connectivity index is 1.62. The molecule has 0 aliphatic rings. The van der Waals surface area contributed by atoms with Crippen LogP contribution in [0.5, 0.6) is 0 Å². The number of nitro groups is 1. The van der Waals surface area contributed by atoms with Crippen molar-refractivity contribution >= 4 is 22.9 Å². The Kier molecular flexibility index (Phi) is 5.31. The van der Waals surface area contributed by atoms with Gasteiger partial charge in [-0.2, -0.15) is 5.10 Å². The van der Waals surface area contributed by atoms with Crippen LogP contribution in [0.1, 0.15) is 26.8 Å². The van der Waals surface area contributed by atoms with E-state index in [1.165, 1.54) is 18.7 Å². The minimum absolute atomic E-state index is 0.0354. The molecule has 1 amide bonds. The highest BCUT2D eigenvalue weighted by atomic mass is 32.1. The summed E-state index contributed by atoms with van der Waals surface area (Å²) in [5, 5.41) is 20.9. The summed E-state index contributed by atoms with van der Waals surface area (Å²) in [6.45, 7) is 3.86. The first kappa shape index (κ1) is 18.7. The normalized spacial score (nSPS) is 10.8. The first-order chi connectivity index (χ1) is 12.9. The molecule has 2 heterocycles. The number of carbonyl (C=O) groups excluding carboxylic acids is 1. The number of benzene rings is 1. The van der Waals surface area contributed by atoms with Crippen molar-refractivity contribution in [3.8, 4) is 11.3 Å². The molecule has 0 fully saturated rings.